The van der Waals surface area contributed by atoms with Crippen molar-refractivity contribution >= 4 is 11.8 Å². The summed E-state index contributed by atoms with van der Waals surface area (Å²) in [6, 6.07) is 0. The van der Waals surface area contributed by atoms with Crippen LogP contribution in [0.25, 0.3) is 0 Å². The van der Waals surface area contributed by atoms with Crippen LogP contribution in [0.5, 0.6) is 0 Å². The van der Waals surface area contributed by atoms with Gasteiger partial charge in [0, 0.05) is 12.3 Å². The van der Waals surface area contributed by atoms with Crippen molar-refractivity contribution in [2.75, 3.05) is 26.0 Å². The monoisotopic (exact) mass is 233 g/mol. The third-order valence-electron chi connectivity index (χ3n) is 1.69. The predicted molar refractivity (Wildman–Crippen MR) is 55.6 cm³/mol. The lowest BCUT2D eigenvalue weighted by Crippen LogP contribution is -2.18. The molecule has 1 unspecified atom stereocenters. The van der Waals surface area contributed by atoms with Crippen molar-refractivity contribution in [1.29, 1.82) is 0 Å². The maximum atomic E-state index is 9.16. The number of hydrogen-bond donors (Lipinski definition) is 3. The molecule has 1 rings (SSSR count). The van der Waals surface area contributed by atoms with E-state index in [2.05, 4.69) is 20.8 Å². The van der Waals surface area contributed by atoms with Crippen molar-refractivity contribution in [2.45, 2.75) is 17.8 Å². The summed E-state index contributed by atoms with van der Waals surface area (Å²) in [4.78, 5) is 0. The number of nitrogens with one attached hydrogen (secondary N) is 1. The Kier molecular flexibility index (Phi) is 5.54. The second-order valence-electron chi connectivity index (χ2n) is 2.94. The van der Waals surface area contributed by atoms with Crippen LogP contribution >= 0.6 is 11.8 Å². The lowest BCUT2D eigenvalue weighted by Gasteiger charge is -2.06. The lowest BCUT2D eigenvalue weighted by atomic mass is 10.4. The van der Waals surface area contributed by atoms with Gasteiger partial charge in [-0.3, -0.25) is 0 Å². The molecule has 0 amide bonds. The van der Waals surface area contributed by atoms with Crippen LogP contribution in [0, 0.1) is 0 Å². The molecule has 0 bridgehead atoms. The number of hydrogen-bond acceptors (Lipinski definition) is 7. The fourth-order valence-electron chi connectivity index (χ4n) is 0.881. The van der Waals surface area contributed by atoms with E-state index in [1.54, 1.807) is 4.68 Å². The van der Waals surface area contributed by atoms with Crippen LogP contribution in [-0.2, 0) is 6.54 Å². The topological polar surface area (TPSA) is 96.1 Å². The summed E-state index contributed by atoms with van der Waals surface area (Å²) in [5, 5.41) is 32.6. The van der Waals surface area contributed by atoms with Gasteiger partial charge < -0.3 is 15.5 Å². The molecular weight excluding hydrogens is 218 g/mol. The number of thioether (sulfide) groups is 1. The van der Waals surface area contributed by atoms with Gasteiger partial charge in [0.1, 0.15) is 0 Å². The molecule has 7 nitrogen and oxygen atoms in total. The number of aliphatic hydroxyl groups is 2. The molecule has 86 valence electrons. The highest BCUT2D eigenvalue weighted by Crippen LogP contribution is 2.14. The molecule has 0 spiro atoms. The first-order chi connectivity index (χ1) is 7.27. The van der Waals surface area contributed by atoms with E-state index >= 15 is 0 Å². The van der Waals surface area contributed by atoms with Crippen LogP contribution in [0.2, 0.25) is 0 Å². The first kappa shape index (κ1) is 12.4. The molecule has 0 aliphatic carbocycles. The molecule has 8 heteroatoms. The van der Waals surface area contributed by atoms with Gasteiger partial charge in [0.25, 0.3) is 0 Å². The summed E-state index contributed by atoms with van der Waals surface area (Å²) in [7, 11) is 1.85. The van der Waals surface area contributed by atoms with Crippen LogP contribution < -0.4 is 5.32 Å². The minimum Gasteiger partial charge on any atom is -0.394 e. The summed E-state index contributed by atoms with van der Waals surface area (Å²) in [5.41, 5.74) is 0. The van der Waals surface area contributed by atoms with Crippen molar-refractivity contribution in [3.63, 3.8) is 0 Å². The third-order valence-corrected chi connectivity index (χ3v) is 2.79. The maximum Gasteiger partial charge on any atom is 0.209 e. The lowest BCUT2D eigenvalue weighted by molar-refractivity contribution is 0.113. The zero-order chi connectivity index (χ0) is 11.1. The van der Waals surface area contributed by atoms with E-state index in [0.717, 1.165) is 6.54 Å². The second kappa shape index (κ2) is 6.72. The molecule has 0 radical (unpaired) electrons. The third kappa shape index (κ3) is 4.12. The van der Waals surface area contributed by atoms with Crippen LogP contribution in [0.15, 0.2) is 5.16 Å². The summed E-state index contributed by atoms with van der Waals surface area (Å²) >= 11 is 1.33. The minimum absolute atomic E-state index is 0.245. The molecule has 0 saturated heterocycles. The van der Waals surface area contributed by atoms with Crippen molar-refractivity contribution < 1.29 is 10.2 Å². The van der Waals surface area contributed by atoms with Gasteiger partial charge in [-0.15, -0.1) is 5.10 Å². The first-order valence-corrected chi connectivity index (χ1v) is 5.59. The Morgan fingerprint density at radius 2 is 2.40 bits per heavy atom. The Bertz CT molecular complexity index is 282. The maximum absolute atomic E-state index is 9.16. The number of nitrogens with zero attached hydrogens (tertiary/aromatic N) is 4. The van der Waals surface area contributed by atoms with Gasteiger partial charge >= 0.3 is 0 Å². The van der Waals surface area contributed by atoms with Crippen LogP contribution in [0.3, 0.4) is 0 Å². The molecule has 1 heterocycles. The number of aromatic nitrogens is 4. The zero-order valence-corrected chi connectivity index (χ0v) is 9.31. The Morgan fingerprint density at radius 3 is 3.07 bits per heavy atom. The Labute approximate surface area is 91.9 Å². The van der Waals surface area contributed by atoms with E-state index in [1.165, 1.54) is 11.8 Å². The van der Waals surface area contributed by atoms with Gasteiger partial charge in [0.2, 0.25) is 5.16 Å². The second-order valence-corrected chi connectivity index (χ2v) is 3.92. The van der Waals surface area contributed by atoms with E-state index in [0.29, 0.717) is 17.5 Å². The molecule has 1 aromatic heterocycles. The van der Waals surface area contributed by atoms with Gasteiger partial charge in [-0.1, -0.05) is 11.8 Å². The molecule has 0 aliphatic rings. The van der Waals surface area contributed by atoms with Gasteiger partial charge in [-0.25, -0.2) is 4.68 Å². The Hall–Kier alpha value is -0.700. The molecule has 15 heavy (non-hydrogen) atoms. The van der Waals surface area contributed by atoms with Gasteiger partial charge in [0.15, 0.2) is 0 Å². The van der Waals surface area contributed by atoms with E-state index in [4.69, 9.17) is 10.2 Å². The standard InChI is InChI=1S/C7H15N5O2S/c1-8-2-3-12-7(9-10-11-12)15-5-6(14)4-13/h6,8,13-14H,2-5H2,1H3. The molecule has 0 aliphatic heterocycles. The number of rotatable bonds is 7. The molecule has 3 N–H and O–H groups in total. The van der Waals surface area contributed by atoms with E-state index < -0.39 is 6.10 Å². The van der Waals surface area contributed by atoms with Crippen LogP contribution in [-0.4, -0.2) is 62.5 Å². The SMILES string of the molecule is CNCCn1nnnc1SCC(O)CO. The fraction of sp³-hybridized carbons (Fsp3) is 0.857. The van der Waals surface area contributed by atoms with E-state index in [9.17, 15) is 0 Å². The number of tetrazole rings is 1. The minimum atomic E-state index is -0.732. The average molecular weight is 233 g/mol. The van der Waals surface area contributed by atoms with Gasteiger partial charge in [0.05, 0.1) is 19.3 Å². The highest BCUT2D eigenvalue weighted by Gasteiger charge is 2.09. The van der Waals surface area contributed by atoms with E-state index in [-0.39, 0.29) is 6.61 Å². The van der Waals surface area contributed by atoms with Crippen LogP contribution in [0.1, 0.15) is 0 Å². The Balaban J connectivity index is 2.42. The molecule has 1 atom stereocenters. The highest BCUT2D eigenvalue weighted by molar-refractivity contribution is 7.99. The quantitative estimate of drug-likeness (QED) is 0.485. The molecule has 0 aromatic carbocycles. The van der Waals surface area contributed by atoms with Crippen LogP contribution in [0.4, 0.5) is 0 Å². The van der Waals surface area contributed by atoms with Gasteiger partial charge in [-0.2, -0.15) is 0 Å². The zero-order valence-electron chi connectivity index (χ0n) is 8.50. The summed E-state index contributed by atoms with van der Waals surface area (Å²) in [5.74, 6) is 0.385. The van der Waals surface area contributed by atoms with E-state index in [1.807, 2.05) is 7.05 Å². The van der Waals surface area contributed by atoms with Crippen molar-refractivity contribution in [1.82, 2.24) is 25.5 Å². The largest absolute Gasteiger partial charge is 0.394 e. The Morgan fingerprint density at radius 1 is 1.60 bits per heavy atom. The smallest absolute Gasteiger partial charge is 0.209 e. The number of aliphatic hydroxyl groups excluding tert-OH is 2. The summed E-state index contributed by atoms with van der Waals surface area (Å²) in [6.07, 6.45) is -0.732. The molecule has 0 fully saturated rings. The highest BCUT2D eigenvalue weighted by atomic mass is 32.2. The van der Waals surface area contributed by atoms with Crippen molar-refractivity contribution in [3.8, 4) is 0 Å². The van der Waals surface area contributed by atoms with Crippen molar-refractivity contribution in [3.05, 3.63) is 0 Å². The van der Waals surface area contributed by atoms with Gasteiger partial charge in [-0.05, 0) is 17.5 Å². The normalized spacial score (nSPS) is 13.0. The summed E-state index contributed by atoms with van der Waals surface area (Å²) in [6.45, 7) is 1.22. The molecule has 1 aromatic rings. The average Bonchev–Trinajstić information content (AvgIpc) is 2.70. The first-order valence-electron chi connectivity index (χ1n) is 4.60. The van der Waals surface area contributed by atoms with Crippen molar-refractivity contribution in [2.24, 2.45) is 0 Å². The fourth-order valence-corrected chi connectivity index (χ4v) is 1.70. The number of likely N-dealkylation sites (N-methyl/N-ethyl adjacent to an activating group) is 1. The molecule has 0 saturated carbocycles. The summed E-state index contributed by atoms with van der Waals surface area (Å²) < 4.78 is 1.66. The predicted octanol–water partition coefficient (Wildman–Crippen LogP) is -1.66. The molecular formula is C7H15N5O2S.